The zero-order chi connectivity index (χ0) is 20.1. The van der Waals surface area contributed by atoms with Crippen molar-refractivity contribution in [2.75, 3.05) is 6.54 Å². The highest BCUT2D eigenvalue weighted by atomic mass is 35.5. The first-order valence-electron chi connectivity index (χ1n) is 9.07. The van der Waals surface area contributed by atoms with Gasteiger partial charge in [0.25, 0.3) is 5.91 Å². The first-order chi connectivity index (χ1) is 13.5. The van der Waals surface area contributed by atoms with E-state index in [4.69, 9.17) is 20.9 Å². The van der Waals surface area contributed by atoms with Crippen molar-refractivity contribution >= 4 is 17.5 Å². The number of ether oxygens (including phenoxy) is 1. The van der Waals surface area contributed by atoms with E-state index in [0.29, 0.717) is 29.0 Å². The number of halogens is 1. The van der Waals surface area contributed by atoms with Crippen LogP contribution in [0.4, 0.5) is 0 Å². The number of carbonyl (C=O) groups is 1. The lowest BCUT2D eigenvalue weighted by molar-refractivity contribution is -0.138. The lowest BCUT2D eigenvalue weighted by Crippen LogP contribution is -2.40. The summed E-state index contributed by atoms with van der Waals surface area (Å²) < 4.78 is 11.1. The number of nitrogens with zero attached hydrogens (tertiary/aromatic N) is 3. The molecule has 0 bridgehead atoms. The van der Waals surface area contributed by atoms with Gasteiger partial charge in [-0.2, -0.15) is 4.98 Å². The van der Waals surface area contributed by atoms with Gasteiger partial charge in [-0.1, -0.05) is 46.6 Å². The molecule has 3 aromatic rings. The Morgan fingerprint density at radius 3 is 2.75 bits per heavy atom. The van der Waals surface area contributed by atoms with E-state index in [1.807, 2.05) is 38.1 Å². The molecule has 1 heterocycles. The SMILES string of the molecule is CCN(Cc1nc(-c2cccc(C)c2)no1)C(=O)[C@H](C)Oc1cccc(Cl)c1. The third-order valence-electron chi connectivity index (χ3n) is 4.22. The standard InChI is InChI=1S/C21H22ClN3O3/c1-4-25(21(26)15(3)27-18-10-6-9-17(22)12-18)13-19-23-20(24-28-19)16-8-5-7-14(2)11-16/h5-12,15H,4,13H2,1-3H3/t15-/m0/s1. The number of hydrogen-bond acceptors (Lipinski definition) is 5. The average Bonchev–Trinajstić information content (AvgIpc) is 3.14. The topological polar surface area (TPSA) is 68.5 Å². The molecular formula is C21H22ClN3O3. The van der Waals surface area contributed by atoms with Gasteiger partial charge in [0, 0.05) is 17.1 Å². The van der Waals surface area contributed by atoms with Crippen LogP contribution in [-0.4, -0.2) is 33.6 Å². The number of likely N-dealkylation sites (N-methyl/N-ethyl adjacent to an activating group) is 1. The van der Waals surface area contributed by atoms with E-state index in [9.17, 15) is 4.79 Å². The van der Waals surface area contributed by atoms with E-state index in [2.05, 4.69) is 10.1 Å². The van der Waals surface area contributed by atoms with Crippen LogP contribution >= 0.6 is 11.6 Å². The van der Waals surface area contributed by atoms with E-state index in [1.165, 1.54) is 0 Å². The molecule has 0 aliphatic carbocycles. The molecule has 0 aliphatic rings. The first-order valence-corrected chi connectivity index (χ1v) is 9.44. The van der Waals surface area contributed by atoms with E-state index >= 15 is 0 Å². The summed E-state index contributed by atoms with van der Waals surface area (Å²) in [5.74, 6) is 1.26. The molecule has 0 saturated carbocycles. The Bertz CT molecular complexity index is 957. The van der Waals surface area contributed by atoms with Crippen LogP contribution in [0.15, 0.2) is 53.1 Å². The van der Waals surface area contributed by atoms with Gasteiger partial charge in [0.05, 0.1) is 0 Å². The van der Waals surface area contributed by atoms with Crippen molar-refractivity contribution in [1.29, 1.82) is 0 Å². The molecule has 1 aromatic heterocycles. The lowest BCUT2D eigenvalue weighted by atomic mass is 10.1. The zero-order valence-electron chi connectivity index (χ0n) is 16.1. The Labute approximate surface area is 169 Å². The van der Waals surface area contributed by atoms with E-state index < -0.39 is 6.10 Å². The van der Waals surface area contributed by atoms with Crippen LogP contribution in [0.3, 0.4) is 0 Å². The van der Waals surface area contributed by atoms with Crippen molar-refractivity contribution in [3.05, 3.63) is 65.0 Å². The van der Waals surface area contributed by atoms with Gasteiger partial charge in [0.1, 0.15) is 12.3 Å². The minimum absolute atomic E-state index is 0.169. The number of amides is 1. The summed E-state index contributed by atoms with van der Waals surface area (Å²) in [5.41, 5.74) is 1.99. The number of aryl methyl sites for hydroxylation is 1. The fourth-order valence-electron chi connectivity index (χ4n) is 2.78. The molecule has 28 heavy (non-hydrogen) atoms. The van der Waals surface area contributed by atoms with Gasteiger partial charge in [-0.15, -0.1) is 0 Å². The number of rotatable bonds is 7. The summed E-state index contributed by atoms with van der Waals surface area (Å²) in [6.07, 6.45) is -0.669. The van der Waals surface area contributed by atoms with Crippen LogP contribution in [0, 0.1) is 6.92 Å². The second-order valence-corrected chi connectivity index (χ2v) is 6.89. The summed E-state index contributed by atoms with van der Waals surface area (Å²) >= 11 is 5.96. The van der Waals surface area contributed by atoms with Crippen LogP contribution in [-0.2, 0) is 11.3 Å². The lowest BCUT2D eigenvalue weighted by Gasteiger charge is -2.23. The number of benzene rings is 2. The second-order valence-electron chi connectivity index (χ2n) is 6.45. The highest BCUT2D eigenvalue weighted by Gasteiger charge is 2.23. The molecule has 0 unspecified atom stereocenters. The van der Waals surface area contributed by atoms with E-state index in [0.717, 1.165) is 11.1 Å². The maximum absolute atomic E-state index is 12.8. The highest BCUT2D eigenvalue weighted by Crippen LogP contribution is 2.20. The van der Waals surface area contributed by atoms with Crippen molar-refractivity contribution in [3.63, 3.8) is 0 Å². The molecule has 0 radical (unpaired) electrons. The molecular weight excluding hydrogens is 378 g/mol. The normalized spacial score (nSPS) is 11.9. The van der Waals surface area contributed by atoms with E-state index in [1.54, 1.807) is 36.1 Å². The largest absolute Gasteiger partial charge is 0.481 e. The van der Waals surface area contributed by atoms with Crippen LogP contribution < -0.4 is 4.74 Å². The smallest absolute Gasteiger partial charge is 0.263 e. The van der Waals surface area contributed by atoms with Gasteiger partial charge in [-0.25, -0.2) is 0 Å². The van der Waals surface area contributed by atoms with Gasteiger partial charge in [-0.05, 0) is 45.0 Å². The maximum Gasteiger partial charge on any atom is 0.263 e. The van der Waals surface area contributed by atoms with E-state index in [-0.39, 0.29) is 12.5 Å². The average molecular weight is 400 g/mol. The molecule has 0 fully saturated rings. The molecule has 7 heteroatoms. The Morgan fingerprint density at radius 2 is 2.04 bits per heavy atom. The van der Waals surface area contributed by atoms with Crippen LogP contribution in [0.5, 0.6) is 5.75 Å². The van der Waals surface area contributed by atoms with Crippen molar-refractivity contribution in [2.24, 2.45) is 0 Å². The molecule has 146 valence electrons. The molecule has 0 spiro atoms. The van der Waals surface area contributed by atoms with Crippen molar-refractivity contribution in [3.8, 4) is 17.1 Å². The molecule has 3 rings (SSSR count). The van der Waals surface area contributed by atoms with Gasteiger partial charge in [0.15, 0.2) is 6.10 Å². The van der Waals surface area contributed by atoms with Crippen LogP contribution in [0.25, 0.3) is 11.4 Å². The van der Waals surface area contributed by atoms with Crippen LogP contribution in [0.2, 0.25) is 5.02 Å². The summed E-state index contributed by atoms with van der Waals surface area (Å²) in [6.45, 7) is 6.31. The Balaban J connectivity index is 1.67. The molecule has 0 N–H and O–H groups in total. The first kappa shape index (κ1) is 19.9. The predicted molar refractivity (Wildman–Crippen MR) is 107 cm³/mol. The minimum Gasteiger partial charge on any atom is -0.481 e. The third-order valence-corrected chi connectivity index (χ3v) is 4.46. The summed E-state index contributed by atoms with van der Waals surface area (Å²) in [7, 11) is 0. The third kappa shape index (κ3) is 4.89. The number of hydrogen-bond donors (Lipinski definition) is 0. The highest BCUT2D eigenvalue weighted by molar-refractivity contribution is 6.30. The summed E-state index contributed by atoms with van der Waals surface area (Å²) in [4.78, 5) is 18.8. The van der Waals surface area contributed by atoms with Crippen molar-refractivity contribution < 1.29 is 14.1 Å². The zero-order valence-corrected chi connectivity index (χ0v) is 16.8. The van der Waals surface area contributed by atoms with Crippen molar-refractivity contribution in [2.45, 2.75) is 33.4 Å². The number of carbonyl (C=O) groups excluding carboxylic acids is 1. The molecule has 1 atom stereocenters. The Kier molecular flexibility index (Phi) is 6.31. The van der Waals surface area contributed by atoms with Gasteiger partial charge >= 0.3 is 0 Å². The van der Waals surface area contributed by atoms with Crippen molar-refractivity contribution in [1.82, 2.24) is 15.0 Å². The Morgan fingerprint density at radius 1 is 1.25 bits per heavy atom. The summed E-state index contributed by atoms with van der Waals surface area (Å²) in [6, 6.07) is 14.8. The maximum atomic E-state index is 12.8. The Hall–Kier alpha value is -2.86. The van der Waals surface area contributed by atoms with Gasteiger partial charge in [-0.3, -0.25) is 4.79 Å². The predicted octanol–water partition coefficient (Wildman–Crippen LogP) is 4.51. The number of aromatic nitrogens is 2. The monoisotopic (exact) mass is 399 g/mol. The second kappa shape index (κ2) is 8.89. The molecule has 0 saturated heterocycles. The molecule has 1 amide bonds. The van der Waals surface area contributed by atoms with Crippen LogP contribution in [0.1, 0.15) is 25.3 Å². The fraction of sp³-hybridized carbons (Fsp3) is 0.286. The quantitative estimate of drug-likeness (QED) is 0.584. The molecule has 6 nitrogen and oxygen atoms in total. The van der Waals surface area contributed by atoms with Gasteiger partial charge < -0.3 is 14.2 Å². The van der Waals surface area contributed by atoms with Gasteiger partial charge in [0.2, 0.25) is 11.7 Å². The fourth-order valence-corrected chi connectivity index (χ4v) is 2.96. The minimum atomic E-state index is -0.669. The molecule has 0 aliphatic heterocycles. The molecule has 2 aromatic carbocycles. The summed E-state index contributed by atoms with van der Waals surface area (Å²) in [5, 5.41) is 4.58.